The van der Waals surface area contributed by atoms with E-state index in [-0.39, 0.29) is 17.1 Å². The number of hydrogen-bond acceptors (Lipinski definition) is 4. The number of ether oxygens (including phenoxy) is 1. The van der Waals surface area contributed by atoms with Gasteiger partial charge in [-0.15, -0.1) is 0 Å². The summed E-state index contributed by atoms with van der Waals surface area (Å²) in [6.45, 7) is 3.41. The van der Waals surface area contributed by atoms with Crippen LogP contribution in [-0.4, -0.2) is 25.6 Å². The van der Waals surface area contributed by atoms with E-state index in [2.05, 4.69) is 0 Å². The molecule has 0 aliphatic carbocycles. The molecule has 3 aromatic rings. The molecule has 1 heterocycles. The van der Waals surface area contributed by atoms with Crippen molar-refractivity contribution in [3.8, 4) is 16.9 Å². The smallest absolute Gasteiger partial charge is 0.341 e. The van der Waals surface area contributed by atoms with E-state index < -0.39 is 16.0 Å². The Labute approximate surface area is 158 Å². The first-order valence-corrected chi connectivity index (χ1v) is 9.97. The van der Waals surface area contributed by atoms with E-state index in [1.807, 2.05) is 60.7 Å². The molecule has 0 radical (unpaired) electrons. The Kier molecular flexibility index (Phi) is 5.16. The summed E-state index contributed by atoms with van der Waals surface area (Å²) in [6.07, 6.45) is 0. The molecule has 2 N–H and O–H groups in total. The standard InChI is InChI=1S/C20H20N2O4S/c1-3-26-20(23)17-18(15-10-6-4-7-11-15)22(16-12-8-5-9-13-16)14(2)19(17)27(21,24)25/h4-13H,3H2,1-2H3,(H2,21,24,25). The molecule has 0 amide bonds. The van der Waals surface area contributed by atoms with Crippen molar-refractivity contribution in [2.75, 3.05) is 6.61 Å². The molecular weight excluding hydrogens is 364 g/mol. The molecule has 0 saturated heterocycles. The molecule has 7 heteroatoms. The highest BCUT2D eigenvalue weighted by Crippen LogP contribution is 2.36. The van der Waals surface area contributed by atoms with Crippen LogP contribution in [-0.2, 0) is 14.8 Å². The largest absolute Gasteiger partial charge is 0.462 e. The third-order valence-electron chi connectivity index (χ3n) is 4.18. The molecule has 0 aliphatic rings. The number of carbonyl (C=O) groups is 1. The normalized spacial score (nSPS) is 11.4. The lowest BCUT2D eigenvalue weighted by Crippen LogP contribution is -2.18. The van der Waals surface area contributed by atoms with Crippen LogP contribution < -0.4 is 5.14 Å². The zero-order chi connectivity index (χ0) is 19.6. The van der Waals surface area contributed by atoms with Crippen molar-refractivity contribution in [1.29, 1.82) is 0 Å². The van der Waals surface area contributed by atoms with Gasteiger partial charge in [0.2, 0.25) is 10.0 Å². The van der Waals surface area contributed by atoms with Crippen LogP contribution in [0.5, 0.6) is 0 Å². The fourth-order valence-corrected chi connectivity index (χ4v) is 4.15. The van der Waals surface area contributed by atoms with Gasteiger partial charge in [-0.1, -0.05) is 48.5 Å². The van der Waals surface area contributed by atoms with Crippen LogP contribution in [0, 0.1) is 6.92 Å². The zero-order valence-electron chi connectivity index (χ0n) is 15.0. The molecule has 0 atom stereocenters. The van der Waals surface area contributed by atoms with Crippen molar-refractivity contribution in [3.05, 3.63) is 71.9 Å². The van der Waals surface area contributed by atoms with Crippen LogP contribution in [0.1, 0.15) is 23.0 Å². The van der Waals surface area contributed by atoms with Crippen LogP contribution >= 0.6 is 0 Å². The minimum absolute atomic E-state index is 0.0492. The van der Waals surface area contributed by atoms with Crippen molar-refractivity contribution in [1.82, 2.24) is 4.57 Å². The van der Waals surface area contributed by atoms with Crippen molar-refractivity contribution in [3.63, 3.8) is 0 Å². The number of esters is 1. The Balaban J connectivity index is 2.49. The molecular formula is C20H20N2O4S. The molecule has 1 aromatic heterocycles. The van der Waals surface area contributed by atoms with E-state index in [1.165, 1.54) is 0 Å². The number of hydrogen-bond donors (Lipinski definition) is 1. The number of primary sulfonamides is 1. The third kappa shape index (κ3) is 3.51. The summed E-state index contributed by atoms with van der Waals surface area (Å²) < 4.78 is 31.6. The average molecular weight is 384 g/mol. The third-order valence-corrected chi connectivity index (χ3v) is 5.25. The van der Waals surface area contributed by atoms with Gasteiger partial charge in [-0.05, 0) is 31.5 Å². The SMILES string of the molecule is CCOC(=O)c1c(S(N)(=O)=O)c(C)n(-c2ccccc2)c1-c1ccccc1. The molecule has 0 fully saturated rings. The number of benzene rings is 2. The number of sulfonamides is 1. The lowest BCUT2D eigenvalue weighted by molar-refractivity contribution is 0.0523. The van der Waals surface area contributed by atoms with Gasteiger partial charge in [0, 0.05) is 11.4 Å². The highest BCUT2D eigenvalue weighted by molar-refractivity contribution is 7.89. The number of para-hydroxylation sites is 1. The first kappa shape index (κ1) is 18.9. The summed E-state index contributed by atoms with van der Waals surface area (Å²) in [6, 6.07) is 18.3. The average Bonchev–Trinajstić information content (AvgIpc) is 2.97. The van der Waals surface area contributed by atoms with Crippen molar-refractivity contribution in [2.24, 2.45) is 5.14 Å². The van der Waals surface area contributed by atoms with Crippen LogP contribution in [0.3, 0.4) is 0 Å². The van der Waals surface area contributed by atoms with Crippen molar-refractivity contribution < 1.29 is 17.9 Å². The van der Waals surface area contributed by atoms with E-state index in [4.69, 9.17) is 9.88 Å². The van der Waals surface area contributed by atoms with Gasteiger partial charge >= 0.3 is 5.97 Å². The minimum Gasteiger partial charge on any atom is -0.462 e. The lowest BCUT2D eigenvalue weighted by Gasteiger charge is -2.13. The predicted octanol–water partition coefficient (Wildman–Crippen LogP) is 3.28. The molecule has 0 unspecified atom stereocenters. The second kappa shape index (κ2) is 7.38. The van der Waals surface area contributed by atoms with Crippen LogP contribution in [0.15, 0.2) is 65.6 Å². The number of nitrogens with two attached hydrogens (primary N) is 1. The molecule has 140 valence electrons. The lowest BCUT2D eigenvalue weighted by atomic mass is 10.1. The monoisotopic (exact) mass is 384 g/mol. The maximum atomic E-state index is 12.7. The van der Waals surface area contributed by atoms with Crippen LogP contribution in [0.25, 0.3) is 16.9 Å². The summed E-state index contributed by atoms with van der Waals surface area (Å²) >= 11 is 0. The van der Waals surface area contributed by atoms with E-state index >= 15 is 0 Å². The maximum Gasteiger partial charge on any atom is 0.341 e. The first-order valence-electron chi connectivity index (χ1n) is 8.42. The van der Waals surface area contributed by atoms with Gasteiger partial charge in [0.15, 0.2) is 0 Å². The summed E-state index contributed by atoms with van der Waals surface area (Å²) in [5.74, 6) is -0.724. The molecule has 27 heavy (non-hydrogen) atoms. The van der Waals surface area contributed by atoms with Gasteiger partial charge in [0.1, 0.15) is 10.5 Å². The topological polar surface area (TPSA) is 91.4 Å². The number of nitrogens with zero attached hydrogens (tertiary/aromatic N) is 1. The van der Waals surface area contributed by atoms with Gasteiger partial charge in [-0.25, -0.2) is 18.4 Å². The van der Waals surface area contributed by atoms with Gasteiger partial charge in [-0.2, -0.15) is 0 Å². The van der Waals surface area contributed by atoms with E-state index in [0.29, 0.717) is 22.6 Å². The van der Waals surface area contributed by atoms with Crippen molar-refractivity contribution >= 4 is 16.0 Å². The second-order valence-corrected chi connectivity index (χ2v) is 7.44. The number of carbonyl (C=O) groups excluding carboxylic acids is 1. The summed E-state index contributed by atoms with van der Waals surface area (Å²) in [4.78, 5) is 12.5. The van der Waals surface area contributed by atoms with E-state index in [0.717, 1.165) is 0 Å². The first-order chi connectivity index (χ1) is 12.9. The van der Waals surface area contributed by atoms with Gasteiger partial charge in [-0.3, -0.25) is 0 Å². The summed E-state index contributed by atoms with van der Waals surface area (Å²) in [5.41, 5.74) is 2.14. The molecule has 0 saturated carbocycles. The quantitative estimate of drug-likeness (QED) is 0.684. The molecule has 0 aliphatic heterocycles. The van der Waals surface area contributed by atoms with Crippen LogP contribution in [0.4, 0.5) is 0 Å². The molecule has 0 bridgehead atoms. The van der Waals surface area contributed by atoms with Gasteiger partial charge < -0.3 is 9.30 Å². The Hall–Kier alpha value is -2.90. The highest BCUT2D eigenvalue weighted by atomic mass is 32.2. The zero-order valence-corrected chi connectivity index (χ0v) is 15.9. The maximum absolute atomic E-state index is 12.7. The molecule has 3 rings (SSSR count). The van der Waals surface area contributed by atoms with Gasteiger partial charge in [0.05, 0.1) is 12.3 Å². The number of aromatic nitrogens is 1. The minimum atomic E-state index is -4.17. The second-order valence-electron chi connectivity index (χ2n) is 5.94. The summed E-state index contributed by atoms with van der Waals surface area (Å²) in [5, 5.41) is 5.48. The molecule has 2 aromatic carbocycles. The highest BCUT2D eigenvalue weighted by Gasteiger charge is 2.33. The van der Waals surface area contributed by atoms with Crippen molar-refractivity contribution in [2.45, 2.75) is 18.7 Å². The Morgan fingerprint density at radius 1 is 1.04 bits per heavy atom. The fourth-order valence-electron chi connectivity index (χ4n) is 3.18. The Bertz CT molecular complexity index is 1070. The number of rotatable bonds is 5. The van der Waals surface area contributed by atoms with Crippen LogP contribution in [0.2, 0.25) is 0 Å². The molecule has 6 nitrogen and oxygen atoms in total. The van der Waals surface area contributed by atoms with Gasteiger partial charge in [0.25, 0.3) is 0 Å². The fraction of sp³-hybridized carbons (Fsp3) is 0.150. The summed E-state index contributed by atoms with van der Waals surface area (Å²) in [7, 11) is -4.17. The van der Waals surface area contributed by atoms with E-state index in [1.54, 1.807) is 18.4 Å². The Morgan fingerprint density at radius 2 is 1.59 bits per heavy atom. The molecule has 0 spiro atoms. The van der Waals surface area contributed by atoms with E-state index in [9.17, 15) is 13.2 Å². The Morgan fingerprint density at radius 3 is 2.11 bits per heavy atom. The predicted molar refractivity (Wildman–Crippen MR) is 103 cm³/mol.